The van der Waals surface area contributed by atoms with Crippen LogP contribution in [0.1, 0.15) is 18.9 Å². The van der Waals surface area contributed by atoms with E-state index in [0.717, 1.165) is 38.2 Å². The lowest BCUT2D eigenvalue weighted by Crippen LogP contribution is -2.67. The minimum absolute atomic E-state index is 0.186. The molecular formula is C18H27FN4O2+2. The van der Waals surface area contributed by atoms with Crippen LogP contribution in [-0.2, 0) is 4.74 Å². The summed E-state index contributed by atoms with van der Waals surface area (Å²) in [4.78, 5) is 4.87. The van der Waals surface area contributed by atoms with Crippen LogP contribution >= 0.6 is 0 Å². The molecule has 0 saturated carbocycles. The Hall–Kier alpha value is -2.41. The molecule has 136 valence electrons. The molecule has 6 nitrogen and oxygen atoms in total. The number of allylic oxidation sites excluding steroid dienone is 1. The molecule has 0 atom stereocenters. The first kappa shape index (κ1) is 18.9. The zero-order chi connectivity index (χ0) is 18.2. The van der Waals surface area contributed by atoms with Crippen LogP contribution in [0.3, 0.4) is 0 Å². The van der Waals surface area contributed by atoms with E-state index in [4.69, 9.17) is 10.1 Å². The second kappa shape index (κ2) is 9.17. The topological polar surface area (TPSA) is 84.3 Å². The van der Waals surface area contributed by atoms with Gasteiger partial charge in [0.05, 0.1) is 6.61 Å². The Kier molecular flexibility index (Phi) is 6.94. The van der Waals surface area contributed by atoms with Gasteiger partial charge in [-0.2, -0.15) is 4.99 Å². The third kappa shape index (κ3) is 5.29. The second-order valence-electron chi connectivity index (χ2n) is 5.96. The number of ether oxygens (including phenoxy) is 1. The molecule has 0 radical (unpaired) electrons. The van der Waals surface area contributed by atoms with Crippen molar-refractivity contribution in [2.45, 2.75) is 20.3 Å². The van der Waals surface area contributed by atoms with Gasteiger partial charge >= 0.3 is 5.90 Å². The maximum atomic E-state index is 13.6. The molecule has 1 aliphatic heterocycles. The Bertz CT molecular complexity index is 647. The highest BCUT2D eigenvalue weighted by atomic mass is 19.1. The molecule has 5 N–H and O–H groups in total. The molecule has 7 heteroatoms. The number of nitrogens with one attached hydrogen (secondary N) is 2. The van der Waals surface area contributed by atoms with E-state index in [1.54, 1.807) is 13.0 Å². The highest BCUT2D eigenvalue weighted by molar-refractivity contribution is 5.92. The van der Waals surface area contributed by atoms with Gasteiger partial charge in [0, 0.05) is 38.3 Å². The molecule has 1 aromatic carbocycles. The predicted octanol–water partition coefficient (Wildman–Crippen LogP) is -0.824. The quantitative estimate of drug-likeness (QED) is 0.294. The first-order valence-electron chi connectivity index (χ1n) is 8.53. The van der Waals surface area contributed by atoms with Gasteiger partial charge in [-0.3, -0.25) is 5.41 Å². The number of piperazine rings is 1. The van der Waals surface area contributed by atoms with E-state index < -0.39 is 0 Å². The molecule has 0 spiro atoms. The third-order valence-electron chi connectivity index (χ3n) is 3.82. The SMILES string of the molecule is CCCO/C(C(O)=[NH+]c1cc(C)cc(F)c1)=C(/C=[NH2+])N1CCNCC1. The van der Waals surface area contributed by atoms with Crippen LogP contribution in [0.4, 0.5) is 10.1 Å². The van der Waals surface area contributed by atoms with E-state index in [9.17, 15) is 9.50 Å². The summed E-state index contributed by atoms with van der Waals surface area (Å²) in [7, 11) is 0. The monoisotopic (exact) mass is 350 g/mol. The Morgan fingerprint density at radius 2 is 2.12 bits per heavy atom. The maximum absolute atomic E-state index is 13.6. The van der Waals surface area contributed by atoms with Crippen LogP contribution < -0.4 is 15.7 Å². The molecule has 0 aliphatic carbocycles. The van der Waals surface area contributed by atoms with E-state index in [0.29, 0.717) is 18.0 Å². The lowest BCUT2D eigenvalue weighted by atomic mass is 10.2. The summed E-state index contributed by atoms with van der Waals surface area (Å²) in [5.41, 5.74) is 1.82. The van der Waals surface area contributed by atoms with Gasteiger partial charge < -0.3 is 20.1 Å². The summed E-state index contributed by atoms with van der Waals surface area (Å²) in [5, 5.41) is 19.7. The maximum Gasteiger partial charge on any atom is 0.410 e. The Balaban J connectivity index is 2.40. The highest BCUT2D eigenvalue weighted by Gasteiger charge is 2.26. The van der Waals surface area contributed by atoms with Gasteiger partial charge in [-0.15, -0.1) is 0 Å². The van der Waals surface area contributed by atoms with Crippen molar-refractivity contribution in [3.8, 4) is 0 Å². The summed E-state index contributed by atoms with van der Waals surface area (Å²) in [6, 6.07) is 4.48. The molecule has 1 aliphatic rings. The normalized spacial score (nSPS) is 16.4. The molecular weight excluding hydrogens is 323 g/mol. The smallest absolute Gasteiger partial charge is 0.410 e. The molecule has 25 heavy (non-hydrogen) atoms. The standard InChI is InChI=1S/C18H25FN4O2/c1-3-8-25-17(16(12-20)23-6-4-21-5-7-23)18(24)22-15-10-13(2)9-14(19)11-15/h9-12,20-21H,3-8H2,1-2H3,(H,22,24)/p+2/b17-16-,20-12?. The van der Waals surface area contributed by atoms with Crippen LogP contribution in [0.15, 0.2) is 29.7 Å². The fourth-order valence-corrected chi connectivity index (χ4v) is 2.70. The van der Waals surface area contributed by atoms with Gasteiger partial charge in [0.2, 0.25) is 5.69 Å². The number of halogens is 1. The number of benzene rings is 1. The minimum Gasteiger partial charge on any atom is -0.483 e. The predicted molar refractivity (Wildman–Crippen MR) is 95.1 cm³/mol. The molecule has 1 heterocycles. The zero-order valence-electron chi connectivity index (χ0n) is 14.8. The highest BCUT2D eigenvalue weighted by Crippen LogP contribution is 2.12. The van der Waals surface area contributed by atoms with Crippen molar-refractivity contribution in [2.24, 2.45) is 0 Å². The van der Waals surface area contributed by atoms with Gasteiger partial charge in [-0.05, 0) is 25.0 Å². The van der Waals surface area contributed by atoms with Gasteiger partial charge in [0.15, 0.2) is 11.9 Å². The summed E-state index contributed by atoms with van der Waals surface area (Å²) in [6.45, 7) is 7.38. The van der Waals surface area contributed by atoms with Crippen molar-refractivity contribution in [3.05, 3.63) is 41.0 Å². The zero-order valence-corrected chi connectivity index (χ0v) is 14.8. The van der Waals surface area contributed by atoms with Gasteiger partial charge in [0.25, 0.3) is 5.76 Å². The average molecular weight is 350 g/mol. The number of rotatable bonds is 7. The van der Waals surface area contributed by atoms with E-state index in [-0.39, 0.29) is 17.5 Å². The number of aliphatic hydroxyl groups excluding tert-OH is 1. The van der Waals surface area contributed by atoms with E-state index >= 15 is 0 Å². The molecule has 0 amide bonds. The van der Waals surface area contributed by atoms with Crippen molar-refractivity contribution in [1.29, 1.82) is 0 Å². The number of aryl methyl sites for hydroxylation is 1. The van der Waals surface area contributed by atoms with Crippen molar-refractivity contribution in [1.82, 2.24) is 10.2 Å². The number of nitrogens with zero attached hydrogens (tertiary/aromatic N) is 1. The minimum atomic E-state index is -0.372. The number of aliphatic hydroxyl groups is 1. The summed E-state index contributed by atoms with van der Waals surface area (Å²) in [5.74, 6) is -0.287. The van der Waals surface area contributed by atoms with Crippen molar-refractivity contribution in [2.75, 3.05) is 32.8 Å². The molecule has 0 aromatic heterocycles. The van der Waals surface area contributed by atoms with Crippen LogP contribution in [0.5, 0.6) is 0 Å². The first-order chi connectivity index (χ1) is 12.0. The molecule has 2 rings (SSSR count). The van der Waals surface area contributed by atoms with Crippen molar-refractivity contribution in [3.63, 3.8) is 0 Å². The second-order valence-corrected chi connectivity index (χ2v) is 5.96. The van der Waals surface area contributed by atoms with Gasteiger partial charge in [-0.1, -0.05) is 6.92 Å². The summed E-state index contributed by atoms with van der Waals surface area (Å²) < 4.78 is 19.3. The Morgan fingerprint density at radius 3 is 2.72 bits per heavy atom. The third-order valence-corrected chi connectivity index (χ3v) is 3.82. The summed E-state index contributed by atoms with van der Waals surface area (Å²) >= 11 is 0. The number of hydrogen-bond acceptors (Lipinski definition) is 3. The van der Waals surface area contributed by atoms with Crippen LogP contribution in [0.25, 0.3) is 0 Å². The molecule has 0 bridgehead atoms. The fraction of sp³-hybridized carbons (Fsp3) is 0.444. The molecule has 1 fully saturated rings. The Morgan fingerprint density at radius 1 is 1.40 bits per heavy atom. The van der Waals surface area contributed by atoms with E-state index in [1.807, 2.05) is 6.92 Å². The molecule has 1 aromatic rings. The molecule has 0 unspecified atom stereocenters. The lowest BCUT2D eigenvalue weighted by Gasteiger charge is -2.29. The largest absolute Gasteiger partial charge is 0.483 e. The Labute approximate surface area is 147 Å². The van der Waals surface area contributed by atoms with E-state index in [1.165, 1.54) is 18.3 Å². The van der Waals surface area contributed by atoms with Crippen LogP contribution in [0, 0.1) is 12.7 Å². The van der Waals surface area contributed by atoms with Crippen molar-refractivity contribution >= 4 is 17.8 Å². The van der Waals surface area contributed by atoms with Gasteiger partial charge in [0.1, 0.15) is 5.82 Å². The fourth-order valence-electron chi connectivity index (χ4n) is 2.70. The average Bonchev–Trinajstić information content (AvgIpc) is 2.58. The summed E-state index contributed by atoms with van der Waals surface area (Å²) in [6.07, 6.45) is 2.22. The number of nitrogens with two attached hydrogens (primary N) is 1. The first-order valence-corrected chi connectivity index (χ1v) is 8.53. The van der Waals surface area contributed by atoms with E-state index in [2.05, 4.69) is 15.2 Å². The van der Waals surface area contributed by atoms with Crippen LogP contribution in [-0.4, -0.2) is 54.9 Å². The lowest BCUT2D eigenvalue weighted by molar-refractivity contribution is -0.366. The van der Waals surface area contributed by atoms with Crippen molar-refractivity contribution < 1.29 is 24.6 Å². The molecule has 1 saturated heterocycles. The van der Waals surface area contributed by atoms with Crippen LogP contribution in [0.2, 0.25) is 0 Å². The number of hydrogen-bond donors (Lipinski definition) is 4. The van der Waals surface area contributed by atoms with Gasteiger partial charge in [-0.25, -0.2) is 4.39 Å².